The molecule has 1 aromatic carbocycles. The minimum atomic E-state index is 0.0355. The molecule has 0 aliphatic carbocycles. The lowest BCUT2D eigenvalue weighted by Gasteiger charge is -1.98. The largest absolute Gasteiger partial charge is 0.293 e. The standard InChI is InChI=1S/C14H11BrN2OS3/c1-19-21-14-16-12(8-20-14)5-13(18)17-6-9-2-3-11(15)4-10(9)7-17/h2-4,6-8H,5H2,1H3. The van der Waals surface area contributed by atoms with E-state index < -0.39 is 0 Å². The number of rotatable bonds is 4. The first kappa shape index (κ1) is 15.1. The highest BCUT2D eigenvalue weighted by atomic mass is 79.9. The quantitative estimate of drug-likeness (QED) is 0.571. The molecule has 0 unspecified atom stereocenters. The molecule has 0 fully saturated rings. The highest BCUT2D eigenvalue weighted by Crippen LogP contribution is 2.31. The van der Waals surface area contributed by atoms with Crippen LogP contribution in [0.15, 0.2) is 44.8 Å². The van der Waals surface area contributed by atoms with Gasteiger partial charge in [0.05, 0.1) is 12.1 Å². The van der Waals surface area contributed by atoms with Gasteiger partial charge < -0.3 is 0 Å². The van der Waals surface area contributed by atoms with E-state index in [-0.39, 0.29) is 5.91 Å². The Morgan fingerprint density at radius 3 is 3.00 bits per heavy atom. The van der Waals surface area contributed by atoms with E-state index in [9.17, 15) is 4.79 Å². The van der Waals surface area contributed by atoms with Gasteiger partial charge in [0.15, 0.2) is 4.34 Å². The predicted octanol–water partition coefficient (Wildman–Crippen LogP) is 5.11. The Labute approximate surface area is 142 Å². The zero-order valence-electron chi connectivity index (χ0n) is 11.1. The lowest BCUT2D eigenvalue weighted by molar-refractivity contribution is 0.0914. The molecular formula is C14H11BrN2OS3. The summed E-state index contributed by atoms with van der Waals surface area (Å²) in [5, 5.41) is 4.06. The molecule has 21 heavy (non-hydrogen) atoms. The zero-order chi connectivity index (χ0) is 14.8. The average Bonchev–Trinajstić information content (AvgIpc) is 3.05. The highest BCUT2D eigenvalue weighted by molar-refractivity contribution is 9.10. The fraction of sp³-hybridized carbons (Fsp3) is 0.143. The Kier molecular flexibility index (Phi) is 4.73. The van der Waals surface area contributed by atoms with Crippen LogP contribution in [0.2, 0.25) is 0 Å². The number of aromatic nitrogens is 2. The molecule has 2 heterocycles. The molecule has 0 atom stereocenters. The predicted molar refractivity (Wildman–Crippen MR) is 95.5 cm³/mol. The number of nitrogens with zero attached hydrogens (tertiary/aromatic N) is 2. The molecule has 0 aliphatic rings. The minimum absolute atomic E-state index is 0.0355. The Morgan fingerprint density at radius 2 is 2.19 bits per heavy atom. The number of hydrogen-bond donors (Lipinski definition) is 0. The SMILES string of the molecule is CSSc1nc(CC(=O)n2cc3ccc(Br)cc3c2)cs1. The average molecular weight is 399 g/mol. The second kappa shape index (κ2) is 6.56. The molecule has 7 heteroatoms. The Bertz CT molecular complexity index is 796. The van der Waals surface area contributed by atoms with Gasteiger partial charge in [0.1, 0.15) is 0 Å². The molecule has 3 rings (SSSR count). The lowest BCUT2D eigenvalue weighted by Crippen LogP contribution is -2.11. The highest BCUT2D eigenvalue weighted by Gasteiger charge is 2.11. The van der Waals surface area contributed by atoms with E-state index in [2.05, 4.69) is 20.9 Å². The summed E-state index contributed by atoms with van der Waals surface area (Å²) in [4.78, 5) is 16.8. The molecule has 0 saturated heterocycles. The third-order valence-corrected chi connectivity index (χ3v) is 6.32. The molecule has 0 N–H and O–H groups in total. The molecule has 0 bridgehead atoms. The van der Waals surface area contributed by atoms with Gasteiger partial charge in [-0.2, -0.15) is 0 Å². The number of thiazole rings is 1. The van der Waals surface area contributed by atoms with Crippen LogP contribution in [-0.4, -0.2) is 21.7 Å². The van der Waals surface area contributed by atoms with Crippen molar-refractivity contribution in [2.24, 2.45) is 0 Å². The van der Waals surface area contributed by atoms with Gasteiger partial charge in [0.25, 0.3) is 0 Å². The number of carbonyl (C=O) groups excluding carboxylic acids is 1. The third-order valence-electron chi connectivity index (χ3n) is 2.91. The van der Waals surface area contributed by atoms with Crippen LogP contribution in [-0.2, 0) is 6.42 Å². The van der Waals surface area contributed by atoms with E-state index in [1.54, 1.807) is 37.5 Å². The summed E-state index contributed by atoms with van der Waals surface area (Å²) in [6.45, 7) is 0. The van der Waals surface area contributed by atoms with Crippen LogP contribution in [0.25, 0.3) is 10.8 Å². The van der Waals surface area contributed by atoms with E-state index in [1.165, 1.54) is 0 Å². The van der Waals surface area contributed by atoms with Gasteiger partial charge in [-0.3, -0.25) is 9.36 Å². The van der Waals surface area contributed by atoms with Crippen molar-refractivity contribution < 1.29 is 4.79 Å². The van der Waals surface area contributed by atoms with Crippen molar-refractivity contribution in [2.45, 2.75) is 10.8 Å². The molecule has 0 aliphatic heterocycles. The molecule has 2 aromatic heterocycles. The molecule has 0 amide bonds. The first-order valence-electron chi connectivity index (χ1n) is 6.11. The van der Waals surface area contributed by atoms with E-state index in [0.29, 0.717) is 6.42 Å². The van der Waals surface area contributed by atoms with Gasteiger partial charge in [0.2, 0.25) is 5.91 Å². The van der Waals surface area contributed by atoms with Gasteiger partial charge in [-0.25, -0.2) is 4.98 Å². The maximum atomic E-state index is 12.3. The summed E-state index contributed by atoms with van der Waals surface area (Å²) in [7, 11) is 3.28. The topological polar surface area (TPSA) is 34.9 Å². The van der Waals surface area contributed by atoms with Crippen molar-refractivity contribution >= 4 is 65.5 Å². The molecular weight excluding hydrogens is 388 g/mol. The van der Waals surface area contributed by atoms with Crippen molar-refractivity contribution in [1.29, 1.82) is 0 Å². The maximum absolute atomic E-state index is 12.3. The van der Waals surface area contributed by atoms with Crippen molar-refractivity contribution in [1.82, 2.24) is 9.55 Å². The summed E-state index contributed by atoms with van der Waals surface area (Å²) in [6.07, 6.45) is 6.08. The van der Waals surface area contributed by atoms with Crippen LogP contribution in [0.1, 0.15) is 10.5 Å². The molecule has 3 nitrogen and oxygen atoms in total. The zero-order valence-corrected chi connectivity index (χ0v) is 15.1. The summed E-state index contributed by atoms with van der Waals surface area (Å²) in [5.74, 6) is 0.0355. The van der Waals surface area contributed by atoms with Crippen LogP contribution >= 0.6 is 48.9 Å². The smallest absolute Gasteiger partial charge is 0.236 e. The molecule has 0 saturated carbocycles. The summed E-state index contributed by atoms with van der Waals surface area (Å²) in [6, 6.07) is 5.98. The summed E-state index contributed by atoms with van der Waals surface area (Å²) in [5.41, 5.74) is 0.834. The van der Waals surface area contributed by atoms with Gasteiger partial charge in [-0.1, -0.05) is 32.8 Å². The van der Waals surface area contributed by atoms with E-state index in [1.807, 2.05) is 42.2 Å². The van der Waals surface area contributed by atoms with E-state index in [4.69, 9.17) is 0 Å². The van der Waals surface area contributed by atoms with Gasteiger partial charge in [-0.05, 0) is 34.6 Å². The van der Waals surface area contributed by atoms with Crippen LogP contribution in [0.4, 0.5) is 0 Å². The van der Waals surface area contributed by atoms with E-state index >= 15 is 0 Å². The van der Waals surface area contributed by atoms with Crippen LogP contribution in [0.5, 0.6) is 0 Å². The summed E-state index contributed by atoms with van der Waals surface area (Å²) < 4.78 is 3.66. The molecule has 108 valence electrons. The number of fused-ring (bicyclic) bond motifs is 1. The number of halogens is 1. The van der Waals surface area contributed by atoms with Crippen molar-refractivity contribution in [2.75, 3.05) is 6.26 Å². The van der Waals surface area contributed by atoms with Crippen LogP contribution in [0, 0.1) is 0 Å². The maximum Gasteiger partial charge on any atom is 0.236 e. The normalized spacial score (nSPS) is 11.1. The first-order chi connectivity index (χ1) is 10.2. The monoisotopic (exact) mass is 398 g/mol. The number of benzene rings is 1. The fourth-order valence-electron chi connectivity index (χ4n) is 1.98. The van der Waals surface area contributed by atoms with Crippen LogP contribution in [0.3, 0.4) is 0 Å². The van der Waals surface area contributed by atoms with E-state index in [0.717, 1.165) is 25.3 Å². The van der Waals surface area contributed by atoms with Gasteiger partial charge >= 0.3 is 0 Å². The fourth-order valence-corrected chi connectivity index (χ4v) is 5.01. The molecule has 0 spiro atoms. The van der Waals surface area contributed by atoms with Crippen LogP contribution < -0.4 is 0 Å². The Balaban J connectivity index is 1.79. The lowest BCUT2D eigenvalue weighted by atomic mass is 10.2. The minimum Gasteiger partial charge on any atom is -0.293 e. The van der Waals surface area contributed by atoms with Gasteiger partial charge in [0, 0.05) is 27.6 Å². The first-order valence-corrected chi connectivity index (χ1v) is 10.3. The Morgan fingerprint density at radius 1 is 1.38 bits per heavy atom. The van der Waals surface area contributed by atoms with Crippen molar-refractivity contribution in [3.8, 4) is 0 Å². The summed E-state index contributed by atoms with van der Waals surface area (Å²) >= 11 is 5.02. The molecule has 3 aromatic rings. The number of carbonyl (C=O) groups is 1. The second-order valence-electron chi connectivity index (χ2n) is 4.36. The second-order valence-corrected chi connectivity index (χ2v) is 8.78. The Hall–Kier alpha value is -0.760. The number of hydrogen-bond acceptors (Lipinski definition) is 5. The van der Waals surface area contributed by atoms with Crippen molar-refractivity contribution in [3.05, 3.63) is 46.1 Å². The van der Waals surface area contributed by atoms with Gasteiger partial charge in [-0.15, -0.1) is 11.3 Å². The molecule has 0 radical (unpaired) electrons. The van der Waals surface area contributed by atoms with Crippen molar-refractivity contribution in [3.63, 3.8) is 0 Å². The third kappa shape index (κ3) is 3.53.